The highest BCUT2D eigenvalue weighted by atomic mass is 32.1. The number of benzene rings is 2. The Bertz CT molecular complexity index is 1020. The van der Waals surface area contributed by atoms with Crippen LogP contribution in [0.1, 0.15) is 30.4 Å². The number of rotatable bonds is 7. The summed E-state index contributed by atoms with van der Waals surface area (Å²) in [5, 5.41) is 2.07. The molecule has 4 rings (SSSR count). The van der Waals surface area contributed by atoms with E-state index in [-0.39, 0.29) is 11.8 Å². The summed E-state index contributed by atoms with van der Waals surface area (Å²) in [6.45, 7) is 1.17. The largest absolute Gasteiger partial charge is 0.369 e. The predicted molar refractivity (Wildman–Crippen MR) is 126 cm³/mol. The predicted octanol–water partition coefficient (Wildman–Crippen LogP) is 4.68. The number of carbonyl (C=O) groups is 2. The molecule has 0 atom stereocenters. The van der Waals surface area contributed by atoms with Crippen LogP contribution in [0.5, 0.6) is 0 Å². The number of aryl methyl sites for hydroxylation is 1. The van der Waals surface area contributed by atoms with Crippen LogP contribution in [-0.4, -0.2) is 29.8 Å². The lowest BCUT2D eigenvalue weighted by Gasteiger charge is -2.40. The Hall–Kier alpha value is -2.92. The summed E-state index contributed by atoms with van der Waals surface area (Å²) in [4.78, 5) is 28.3. The molecule has 3 aromatic rings. The molecule has 160 valence electrons. The van der Waals surface area contributed by atoms with Crippen LogP contribution in [0.4, 0.5) is 0 Å². The van der Waals surface area contributed by atoms with Gasteiger partial charge in [0.25, 0.3) is 0 Å². The van der Waals surface area contributed by atoms with Crippen LogP contribution >= 0.6 is 11.3 Å². The summed E-state index contributed by atoms with van der Waals surface area (Å²) in [6, 6.07) is 22.6. The van der Waals surface area contributed by atoms with E-state index >= 15 is 0 Å². The number of hydrogen-bond donors (Lipinski definition) is 1. The molecule has 0 saturated carbocycles. The normalized spacial score (nSPS) is 15.5. The zero-order valence-electron chi connectivity index (χ0n) is 17.6. The van der Waals surface area contributed by atoms with Gasteiger partial charge in [0.1, 0.15) is 0 Å². The zero-order chi connectivity index (χ0) is 21.7. The van der Waals surface area contributed by atoms with Crippen molar-refractivity contribution in [3.05, 3.63) is 83.2 Å². The molecule has 0 radical (unpaired) electrons. The quantitative estimate of drug-likeness (QED) is 0.589. The average Bonchev–Trinajstić information content (AvgIpc) is 3.34. The van der Waals surface area contributed by atoms with Gasteiger partial charge in [-0.25, -0.2) is 0 Å². The Morgan fingerprint density at radius 2 is 1.68 bits per heavy atom. The van der Waals surface area contributed by atoms with E-state index in [1.807, 2.05) is 47.4 Å². The van der Waals surface area contributed by atoms with E-state index in [1.165, 1.54) is 16.0 Å². The maximum Gasteiger partial charge on any atom is 0.224 e. The van der Waals surface area contributed by atoms with Gasteiger partial charge in [0.2, 0.25) is 11.8 Å². The zero-order valence-corrected chi connectivity index (χ0v) is 18.4. The number of thiophene rings is 1. The van der Waals surface area contributed by atoms with E-state index in [2.05, 4.69) is 29.6 Å². The summed E-state index contributed by atoms with van der Waals surface area (Å²) in [5.41, 5.74) is 8.76. The van der Waals surface area contributed by atoms with Crippen molar-refractivity contribution in [3.63, 3.8) is 0 Å². The van der Waals surface area contributed by atoms with Crippen LogP contribution < -0.4 is 5.73 Å². The minimum atomic E-state index is -0.593. The van der Waals surface area contributed by atoms with Crippen LogP contribution in [0.15, 0.2) is 72.1 Å². The molecule has 0 spiro atoms. The first-order chi connectivity index (χ1) is 15.1. The molecule has 1 fully saturated rings. The third kappa shape index (κ3) is 5.05. The number of hydrogen-bond acceptors (Lipinski definition) is 3. The topological polar surface area (TPSA) is 63.4 Å². The van der Waals surface area contributed by atoms with Crippen LogP contribution in [0.2, 0.25) is 0 Å². The second kappa shape index (κ2) is 9.48. The van der Waals surface area contributed by atoms with Gasteiger partial charge in [0, 0.05) is 24.4 Å². The molecule has 1 aliphatic rings. The summed E-state index contributed by atoms with van der Waals surface area (Å²) < 4.78 is 0. The SMILES string of the molecule is NC(=O)C1(Cc2cccc(-c3cccs3)c2)CCN(C(=O)CCc2ccccc2)CC1. The lowest BCUT2D eigenvalue weighted by Crippen LogP contribution is -2.49. The number of primary amides is 1. The van der Waals surface area contributed by atoms with Crippen molar-refractivity contribution in [2.45, 2.75) is 32.1 Å². The standard InChI is InChI=1S/C26H28N2O2S/c27-25(30)26(19-21-8-4-9-22(18-21)23-10-5-17-31-23)13-15-28(16-14-26)24(29)12-11-20-6-2-1-3-7-20/h1-10,17-18H,11-16,19H2,(H2,27,30). The van der Waals surface area contributed by atoms with Crippen LogP contribution in [-0.2, 0) is 22.4 Å². The molecule has 1 saturated heterocycles. The Balaban J connectivity index is 1.39. The maximum atomic E-state index is 12.7. The molecule has 31 heavy (non-hydrogen) atoms. The highest BCUT2D eigenvalue weighted by Gasteiger charge is 2.40. The lowest BCUT2D eigenvalue weighted by molar-refractivity contribution is -0.138. The Labute approximate surface area is 187 Å². The number of nitrogens with zero attached hydrogens (tertiary/aromatic N) is 1. The lowest BCUT2D eigenvalue weighted by atomic mass is 9.73. The molecule has 1 aliphatic heterocycles. The molecular weight excluding hydrogens is 404 g/mol. The number of carbonyl (C=O) groups excluding carboxylic acids is 2. The number of piperidine rings is 1. The van der Waals surface area contributed by atoms with Crippen molar-refractivity contribution in [1.29, 1.82) is 0 Å². The van der Waals surface area contributed by atoms with E-state index in [1.54, 1.807) is 11.3 Å². The Morgan fingerprint density at radius 3 is 2.35 bits per heavy atom. The highest BCUT2D eigenvalue weighted by molar-refractivity contribution is 7.13. The minimum Gasteiger partial charge on any atom is -0.369 e. The summed E-state index contributed by atoms with van der Waals surface area (Å²) in [7, 11) is 0. The first kappa shape index (κ1) is 21.3. The molecule has 0 bridgehead atoms. The van der Waals surface area contributed by atoms with Gasteiger partial charge in [0.15, 0.2) is 0 Å². The second-order valence-corrected chi connectivity index (χ2v) is 9.31. The van der Waals surface area contributed by atoms with Gasteiger partial charge in [0.05, 0.1) is 5.41 Å². The first-order valence-corrected chi connectivity index (χ1v) is 11.7. The molecule has 0 unspecified atom stereocenters. The van der Waals surface area contributed by atoms with Crippen molar-refractivity contribution < 1.29 is 9.59 Å². The van der Waals surface area contributed by atoms with Gasteiger partial charge in [-0.3, -0.25) is 9.59 Å². The fourth-order valence-corrected chi connectivity index (χ4v) is 5.14. The molecule has 1 aromatic heterocycles. The van der Waals surface area contributed by atoms with Gasteiger partial charge in [-0.1, -0.05) is 60.7 Å². The molecule has 2 N–H and O–H groups in total. The van der Waals surface area contributed by atoms with Crippen molar-refractivity contribution in [1.82, 2.24) is 4.90 Å². The molecule has 0 aliphatic carbocycles. The fraction of sp³-hybridized carbons (Fsp3) is 0.308. The smallest absolute Gasteiger partial charge is 0.224 e. The Kier molecular flexibility index (Phi) is 6.52. The van der Waals surface area contributed by atoms with Crippen LogP contribution in [0.3, 0.4) is 0 Å². The number of likely N-dealkylation sites (tertiary alicyclic amines) is 1. The molecular formula is C26H28N2O2S. The highest BCUT2D eigenvalue weighted by Crippen LogP contribution is 2.36. The summed E-state index contributed by atoms with van der Waals surface area (Å²) in [5.74, 6) is -0.105. The minimum absolute atomic E-state index is 0.154. The van der Waals surface area contributed by atoms with E-state index in [0.717, 1.165) is 12.0 Å². The van der Waals surface area contributed by atoms with E-state index in [4.69, 9.17) is 5.73 Å². The van der Waals surface area contributed by atoms with Crippen molar-refractivity contribution >= 4 is 23.2 Å². The van der Waals surface area contributed by atoms with Gasteiger partial charge in [-0.2, -0.15) is 0 Å². The number of nitrogens with two attached hydrogens (primary N) is 1. The van der Waals surface area contributed by atoms with E-state index in [9.17, 15) is 9.59 Å². The van der Waals surface area contributed by atoms with Gasteiger partial charge >= 0.3 is 0 Å². The van der Waals surface area contributed by atoms with Crippen LogP contribution in [0.25, 0.3) is 10.4 Å². The summed E-state index contributed by atoms with van der Waals surface area (Å²) in [6.07, 6.45) is 3.09. The fourth-order valence-electron chi connectivity index (χ4n) is 4.42. The van der Waals surface area contributed by atoms with Crippen molar-refractivity contribution in [3.8, 4) is 10.4 Å². The first-order valence-electron chi connectivity index (χ1n) is 10.8. The van der Waals surface area contributed by atoms with Gasteiger partial charge in [-0.15, -0.1) is 11.3 Å². The third-order valence-corrected chi connectivity index (χ3v) is 7.26. The van der Waals surface area contributed by atoms with Crippen LogP contribution in [0, 0.1) is 5.41 Å². The second-order valence-electron chi connectivity index (χ2n) is 8.37. The molecule has 5 heteroatoms. The maximum absolute atomic E-state index is 12.7. The molecule has 2 amide bonds. The van der Waals surface area contributed by atoms with E-state index in [0.29, 0.717) is 38.8 Å². The van der Waals surface area contributed by atoms with Crippen molar-refractivity contribution in [2.24, 2.45) is 11.1 Å². The number of amides is 2. The molecule has 2 heterocycles. The Morgan fingerprint density at radius 1 is 0.935 bits per heavy atom. The average molecular weight is 433 g/mol. The van der Waals surface area contributed by atoms with E-state index < -0.39 is 5.41 Å². The molecule has 4 nitrogen and oxygen atoms in total. The van der Waals surface area contributed by atoms with Crippen molar-refractivity contribution in [2.75, 3.05) is 13.1 Å². The third-order valence-electron chi connectivity index (χ3n) is 6.34. The summed E-state index contributed by atoms with van der Waals surface area (Å²) >= 11 is 1.71. The van der Waals surface area contributed by atoms with Gasteiger partial charge < -0.3 is 10.6 Å². The van der Waals surface area contributed by atoms with Gasteiger partial charge in [-0.05, 0) is 53.8 Å². The monoisotopic (exact) mass is 432 g/mol. The molecule has 2 aromatic carbocycles.